The van der Waals surface area contributed by atoms with Gasteiger partial charge in [-0.2, -0.15) is 0 Å². The fraction of sp³-hybridized carbons (Fsp3) is 0.667. The largest absolute Gasteiger partial charge is 0.389 e. The molecule has 0 aromatic heterocycles. The Bertz CT molecular complexity index is 217. The summed E-state index contributed by atoms with van der Waals surface area (Å²) in [7, 11) is 0. The van der Waals surface area contributed by atoms with Crippen LogP contribution in [0.15, 0.2) is 0 Å². The predicted molar refractivity (Wildman–Crippen MR) is 71.1 cm³/mol. The lowest BCUT2D eigenvalue weighted by Crippen LogP contribution is -1.93. The molecule has 0 aromatic carbocycles. The highest BCUT2D eigenvalue weighted by molar-refractivity contribution is 5.77. The molecule has 0 amide bonds. The van der Waals surface area contributed by atoms with E-state index in [2.05, 4.69) is 0 Å². The quantitative estimate of drug-likeness (QED) is 0.478. The Kier molecular flexibility index (Phi) is 30.6. The van der Waals surface area contributed by atoms with E-state index in [1.165, 1.54) is 27.7 Å². The van der Waals surface area contributed by atoms with E-state index in [-0.39, 0.29) is 49.6 Å². The van der Waals surface area contributed by atoms with E-state index in [1.807, 2.05) is 0 Å². The van der Waals surface area contributed by atoms with Crippen LogP contribution in [0.3, 0.4) is 0 Å². The van der Waals surface area contributed by atoms with Crippen LogP contribution in [0.25, 0.3) is 0 Å². The molecule has 0 unspecified atom stereocenters. The minimum Gasteiger partial charge on any atom is -0.389 e. The van der Waals surface area contributed by atoms with Crippen molar-refractivity contribution in [3.8, 4) is 0 Å². The molecule has 0 fully saturated rings. The highest BCUT2D eigenvalue weighted by Gasteiger charge is 1.79. The van der Waals surface area contributed by atoms with Crippen LogP contribution in [-0.4, -0.2) is 70.0 Å². The van der Waals surface area contributed by atoms with Gasteiger partial charge in [0.2, 0.25) is 0 Å². The molecule has 0 aliphatic rings. The van der Waals surface area contributed by atoms with Crippen molar-refractivity contribution in [1.82, 2.24) is 0 Å². The van der Waals surface area contributed by atoms with Gasteiger partial charge in [-0.3, -0.25) is 19.2 Å². The molecule has 8 nitrogen and oxygen atoms in total. The van der Waals surface area contributed by atoms with Gasteiger partial charge in [0.15, 0.2) is 23.1 Å². The first-order valence-electron chi connectivity index (χ1n) is 5.50. The van der Waals surface area contributed by atoms with Crippen LogP contribution >= 0.6 is 0 Å². The average molecular weight is 296 g/mol. The summed E-state index contributed by atoms with van der Waals surface area (Å²) in [4.78, 5) is 38.2. The van der Waals surface area contributed by atoms with Crippen LogP contribution in [0, 0.1) is 0 Å². The number of carbonyl (C=O) groups is 4. The zero-order valence-corrected chi connectivity index (χ0v) is 12.3. The molecule has 20 heavy (non-hydrogen) atoms. The third-order valence-electron chi connectivity index (χ3n) is 0.891. The molecule has 0 spiro atoms. The number of aliphatic hydroxyl groups is 4. The van der Waals surface area contributed by atoms with Crippen molar-refractivity contribution in [3.63, 3.8) is 0 Å². The van der Waals surface area contributed by atoms with Gasteiger partial charge in [-0.15, -0.1) is 0 Å². The second-order valence-corrected chi connectivity index (χ2v) is 3.44. The summed E-state index contributed by atoms with van der Waals surface area (Å²) in [6, 6.07) is 0. The maximum absolute atomic E-state index is 9.56. The Labute approximate surface area is 118 Å². The molecular weight excluding hydrogens is 272 g/mol. The van der Waals surface area contributed by atoms with Crippen molar-refractivity contribution < 1.29 is 39.6 Å². The van der Waals surface area contributed by atoms with Gasteiger partial charge in [0, 0.05) is 0 Å². The summed E-state index contributed by atoms with van der Waals surface area (Å²) in [6.45, 7) is 4.00. The van der Waals surface area contributed by atoms with Crippen LogP contribution in [-0.2, 0) is 19.2 Å². The third-order valence-corrected chi connectivity index (χ3v) is 0.891. The van der Waals surface area contributed by atoms with Crippen molar-refractivity contribution in [2.45, 2.75) is 27.7 Å². The first kappa shape index (κ1) is 27.0. The number of carbonyl (C=O) groups excluding carboxylic acids is 4. The monoisotopic (exact) mass is 296 g/mol. The van der Waals surface area contributed by atoms with Gasteiger partial charge in [0.05, 0.1) is 0 Å². The lowest BCUT2D eigenvalue weighted by atomic mass is 10.5. The standard InChI is InChI=1S/4C3H6O2/c4*1-3(5)2-4/h4*4H,2H2,1H3. The molecule has 4 N–H and O–H groups in total. The lowest BCUT2D eigenvalue weighted by molar-refractivity contribution is -0.120. The third kappa shape index (κ3) is 93.6. The number of rotatable bonds is 4. The predicted octanol–water partition coefficient (Wildman–Crippen LogP) is -1.73. The van der Waals surface area contributed by atoms with E-state index in [4.69, 9.17) is 20.4 Å². The van der Waals surface area contributed by atoms with Crippen molar-refractivity contribution >= 4 is 23.1 Å². The van der Waals surface area contributed by atoms with E-state index >= 15 is 0 Å². The van der Waals surface area contributed by atoms with Crippen LogP contribution < -0.4 is 0 Å². The van der Waals surface area contributed by atoms with E-state index < -0.39 is 0 Å². The van der Waals surface area contributed by atoms with Gasteiger partial charge in [0.25, 0.3) is 0 Å². The molecule has 8 heteroatoms. The molecule has 0 radical (unpaired) electrons. The van der Waals surface area contributed by atoms with Gasteiger partial charge < -0.3 is 20.4 Å². The normalized spacial score (nSPS) is 7.60. The molecule has 0 aliphatic heterocycles. The summed E-state index contributed by atoms with van der Waals surface area (Å²) in [5.74, 6) is -0.759. The summed E-state index contributed by atoms with van der Waals surface area (Å²) in [6.07, 6.45) is 0. The Morgan fingerprint density at radius 2 is 0.550 bits per heavy atom. The SMILES string of the molecule is CC(=O)CO.CC(=O)CO.CC(=O)CO.CC(=O)CO. The second kappa shape index (κ2) is 22.7. The van der Waals surface area contributed by atoms with E-state index in [0.717, 1.165) is 0 Å². The molecule has 120 valence electrons. The van der Waals surface area contributed by atoms with Gasteiger partial charge in [-0.1, -0.05) is 0 Å². The topological polar surface area (TPSA) is 149 Å². The van der Waals surface area contributed by atoms with Gasteiger partial charge >= 0.3 is 0 Å². The fourth-order valence-electron chi connectivity index (χ4n) is 0. The molecule has 0 saturated heterocycles. The summed E-state index contributed by atoms with van der Waals surface area (Å²) >= 11 is 0. The smallest absolute Gasteiger partial charge is 0.155 e. The number of ketones is 4. The van der Waals surface area contributed by atoms with Crippen molar-refractivity contribution in [2.24, 2.45) is 0 Å². The zero-order chi connectivity index (χ0) is 17.1. The Balaban J connectivity index is -0.0000000853. The number of hydrogen-bond acceptors (Lipinski definition) is 8. The van der Waals surface area contributed by atoms with Crippen molar-refractivity contribution in [2.75, 3.05) is 26.4 Å². The lowest BCUT2D eigenvalue weighted by Gasteiger charge is -1.72. The van der Waals surface area contributed by atoms with Crippen molar-refractivity contribution in [3.05, 3.63) is 0 Å². The van der Waals surface area contributed by atoms with Crippen LogP contribution in [0.4, 0.5) is 0 Å². The zero-order valence-electron chi connectivity index (χ0n) is 12.3. The molecular formula is C12H24O8. The maximum atomic E-state index is 9.56. The number of aliphatic hydroxyl groups excluding tert-OH is 4. The fourth-order valence-corrected chi connectivity index (χ4v) is 0. The molecule has 0 aromatic rings. The Hall–Kier alpha value is -1.48. The molecule has 0 aliphatic carbocycles. The van der Waals surface area contributed by atoms with Gasteiger partial charge in [-0.25, -0.2) is 0 Å². The number of hydrogen-bond donors (Lipinski definition) is 4. The number of Topliss-reactive ketones (excluding diaryl/α,β-unsaturated/α-hetero) is 4. The van der Waals surface area contributed by atoms with Crippen LogP contribution in [0.5, 0.6) is 0 Å². The minimum atomic E-state index is -0.333. The molecule has 0 bridgehead atoms. The molecule has 0 atom stereocenters. The maximum Gasteiger partial charge on any atom is 0.155 e. The molecule has 0 heterocycles. The summed E-state index contributed by atoms with van der Waals surface area (Å²) < 4.78 is 0. The summed E-state index contributed by atoms with van der Waals surface area (Å²) in [5, 5.41) is 31.2. The molecule has 0 saturated carbocycles. The van der Waals surface area contributed by atoms with Crippen LogP contribution in [0.2, 0.25) is 0 Å². The van der Waals surface area contributed by atoms with Crippen LogP contribution in [0.1, 0.15) is 27.7 Å². The second-order valence-electron chi connectivity index (χ2n) is 3.44. The Morgan fingerprint density at radius 3 is 0.550 bits per heavy atom. The summed E-state index contributed by atoms with van der Waals surface area (Å²) in [5.41, 5.74) is 0. The van der Waals surface area contributed by atoms with E-state index in [9.17, 15) is 19.2 Å². The first-order valence-corrected chi connectivity index (χ1v) is 5.50. The van der Waals surface area contributed by atoms with E-state index in [0.29, 0.717) is 0 Å². The first-order chi connectivity index (χ1) is 9.08. The minimum absolute atomic E-state index is 0.190. The highest BCUT2D eigenvalue weighted by atomic mass is 16.3. The highest BCUT2D eigenvalue weighted by Crippen LogP contribution is 1.57. The van der Waals surface area contributed by atoms with Gasteiger partial charge in [0.1, 0.15) is 26.4 Å². The van der Waals surface area contributed by atoms with E-state index in [1.54, 1.807) is 0 Å². The average Bonchev–Trinajstić information content (AvgIpc) is 2.40. The molecule has 0 rings (SSSR count). The van der Waals surface area contributed by atoms with Gasteiger partial charge in [-0.05, 0) is 27.7 Å². The van der Waals surface area contributed by atoms with Crippen molar-refractivity contribution in [1.29, 1.82) is 0 Å². The Morgan fingerprint density at radius 1 is 0.500 bits per heavy atom.